The predicted octanol–water partition coefficient (Wildman–Crippen LogP) is 2.62. The molecule has 0 aromatic carbocycles. The largest absolute Gasteiger partial charge is 0.477 e. The molecule has 3 heteroatoms. The molecule has 1 aromatic heterocycles. The van der Waals surface area contributed by atoms with Crippen molar-refractivity contribution in [3.8, 4) is 5.88 Å². The van der Waals surface area contributed by atoms with Gasteiger partial charge in [-0.3, -0.25) is 0 Å². The standard InChI is InChI=1S/C13H22N2O/c1-4-8-14-9-12-6-5-7-13(15-12)16-10-11(2)3/h5-7,11,14H,4,8-10H2,1-3H3. The summed E-state index contributed by atoms with van der Waals surface area (Å²) in [4.78, 5) is 4.43. The number of nitrogens with one attached hydrogen (secondary N) is 1. The molecular formula is C13H22N2O. The molecule has 0 saturated heterocycles. The van der Waals surface area contributed by atoms with Crippen LogP contribution < -0.4 is 10.1 Å². The predicted molar refractivity (Wildman–Crippen MR) is 66.6 cm³/mol. The molecule has 3 nitrogen and oxygen atoms in total. The first kappa shape index (κ1) is 13.0. The Labute approximate surface area is 98.2 Å². The number of pyridine rings is 1. The molecule has 0 aliphatic heterocycles. The molecule has 1 rings (SSSR count). The molecule has 0 unspecified atom stereocenters. The van der Waals surface area contributed by atoms with Crippen LogP contribution in [0.2, 0.25) is 0 Å². The van der Waals surface area contributed by atoms with Crippen LogP contribution in [0.15, 0.2) is 18.2 Å². The van der Waals surface area contributed by atoms with Gasteiger partial charge < -0.3 is 10.1 Å². The van der Waals surface area contributed by atoms with E-state index >= 15 is 0 Å². The highest BCUT2D eigenvalue weighted by Crippen LogP contribution is 2.08. The van der Waals surface area contributed by atoms with Gasteiger partial charge in [0.2, 0.25) is 5.88 Å². The fraction of sp³-hybridized carbons (Fsp3) is 0.615. The monoisotopic (exact) mass is 222 g/mol. The summed E-state index contributed by atoms with van der Waals surface area (Å²) >= 11 is 0. The quantitative estimate of drug-likeness (QED) is 0.720. The van der Waals surface area contributed by atoms with Gasteiger partial charge in [0.1, 0.15) is 0 Å². The lowest BCUT2D eigenvalue weighted by atomic mass is 10.2. The van der Waals surface area contributed by atoms with E-state index in [0.717, 1.165) is 37.7 Å². The van der Waals surface area contributed by atoms with E-state index < -0.39 is 0 Å². The minimum Gasteiger partial charge on any atom is -0.477 e. The smallest absolute Gasteiger partial charge is 0.213 e. The molecule has 0 aliphatic rings. The number of ether oxygens (including phenoxy) is 1. The number of hydrogen-bond acceptors (Lipinski definition) is 3. The average Bonchev–Trinajstić information content (AvgIpc) is 2.27. The van der Waals surface area contributed by atoms with Crippen molar-refractivity contribution in [3.63, 3.8) is 0 Å². The van der Waals surface area contributed by atoms with Crippen LogP contribution in [0, 0.1) is 5.92 Å². The lowest BCUT2D eigenvalue weighted by Crippen LogP contribution is -2.15. The molecule has 0 amide bonds. The van der Waals surface area contributed by atoms with Crippen molar-refractivity contribution >= 4 is 0 Å². The Hall–Kier alpha value is -1.09. The fourth-order valence-electron chi connectivity index (χ4n) is 1.28. The first-order valence-electron chi connectivity index (χ1n) is 6.01. The van der Waals surface area contributed by atoms with Gasteiger partial charge in [0.15, 0.2) is 0 Å². The third kappa shape index (κ3) is 5.12. The van der Waals surface area contributed by atoms with Crippen LogP contribution in [0.25, 0.3) is 0 Å². The zero-order valence-corrected chi connectivity index (χ0v) is 10.5. The normalized spacial score (nSPS) is 10.8. The van der Waals surface area contributed by atoms with Crippen LogP contribution in [0.5, 0.6) is 5.88 Å². The minimum atomic E-state index is 0.531. The lowest BCUT2D eigenvalue weighted by Gasteiger charge is -2.09. The van der Waals surface area contributed by atoms with E-state index in [2.05, 4.69) is 31.1 Å². The summed E-state index contributed by atoms with van der Waals surface area (Å²) < 4.78 is 5.58. The van der Waals surface area contributed by atoms with E-state index in [-0.39, 0.29) is 0 Å². The third-order valence-electron chi connectivity index (χ3n) is 2.08. The second-order valence-corrected chi connectivity index (χ2v) is 4.35. The summed E-state index contributed by atoms with van der Waals surface area (Å²) in [5.41, 5.74) is 1.04. The second kappa shape index (κ2) is 7.23. The van der Waals surface area contributed by atoms with Gasteiger partial charge in [-0.2, -0.15) is 0 Å². The van der Waals surface area contributed by atoms with Gasteiger partial charge in [0.25, 0.3) is 0 Å². The van der Waals surface area contributed by atoms with Crippen LogP contribution in [0.4, 0.5) is 0 Å². The average molecular weight is 222 g/mol. The van der Waals surface area contributed by atoms with Crippen molar-refractivity contribution in [2.45, 2.75) is 33.7 Å². The molecule has 0 saturated carbocycles. The molecule has 90 valence electrons. The Morgan fingerprint density at radius 3 is 2.88 bits per heavy atom. The molecule has 1 N–H and O–H groups in total. The molecular weight excluding hydrogens is 200 g/mol. The highest BCUT2D eigenvalue weighted by atomic mass is 16.5. The van der Waals surface area contributed by atoms with Gasteiger partial charge in [-0.25, -0.2) is 4.98 Å². The Balaban J connectivity index is 2.43. The molecule has 0 spiro atoms. The summed E-state index contributed by atoms with van der Waals surface area (Å²) in [7, 11) is 0. The van der Waals surface area contributed by atoms with Crippen molar-refractivity contribution in [2.24, 2.45) is 5.92 Å². The highest BCUT2D eigenvalue weighted by molar-refractivity contribution is 5.15. The number of hydrogen-bond donors (Lipinski definition) is 1. The maximum atomic E-state index is 5.58. The van der Waals surface area contributed by atoms with Crippen LogP contribution >= 0.6 is 0 Å². The van der Waals surface area contributed by atoms with Gasteiger partial charge in [-0.1, -0.05) is 26.8 Å². The molecule has 0 radical (unpaired) electrons. The van der Waals surface area contributed by atoms with Gasteiger partial charge in [0, 0.05) is 12.6 Å². The van der Waals surface area contributed by atoms with E-state index in [1.165, 1.54) is 0 Å². The van der Waals surface area contributed by atoms with Crippen LogP contribution in [-0.2, 0) is 6.54 Å². The van der Waals surface area contributed by atoms with E-state index in [4.69, 9.17) is 4.74 Å². The first-order chi connectivity index (χ1) is 7.72. The SMILES string of the molecule is CCCNCc1cccc(OCC(C)C)n1. The molecule has 16 heavy (non-hydrogen) atoms. The van der Waals surface area contributed by atoms with E-state index in [0.29, 0.717) is 5.92 Å². The lowest BCUT2D eigenvalue weighted by molar-refractivity contribution is 0.260. The highest BCUT2D eigenvalue weighted by Gasteiger charge is 2.00. The Bertz CT molecular complexity index is 300. The zero-order valence-electron chi connectivity index (χ0n) is 10.5. The van der Waals surface area contributed by atoms with Gasteiger partial charge in [0.05, 0.1) is 12.3 Å². The first-order valence-corrected chi connectivity index (χ1v) is 6.01. The van der Waals surface area contributed by atoms with Crippen LogP contribution in [-0.4, -0.2) is 18.1 Å². The maximum Gasteiger partial charge on any atom is 0.213 e. The van der Waals surface area contributed by atoms with Crippen LogP contribution in [0.1, 0.15) is 32.9 Å². The van der Waals surface area contributed by atoms with E-state index in [1.807, 2.05) is 18.2 Å². The molecule has 1 aromatic rings. The fourth-order valence-corrected chi connectivity index (χ4v) is 1.28. The van der Waals surface area contributed by atoms with Crippen molar-refractivity contribution in [2.75, 3.05) is 13.2 Å². The third-order valence-corrected chi connectivity index (χ3v) is 2.08. The summed E-state index contributed by atoms with van der Waals surface area (Å²) in [5.74, 6) is 1.26. The van der Waals surface area contributed by atoms with Crippen molar-refractivity contribution in [3.05, 3.63) is 23.9 Å². The van der Waals surface area contributed by atoms with Crippen molar-refractivity contribution < 1.29 is 4.74 Å². The van der Waals surface area contributed by atoms with Crippen molar-refractivity contribution in [1.29, 1.82) is 0 Å². The van der Waals surface area contributed by atoms with Crippen molar-refractivity contribution in [1.82, 2.24) is 10.3 Å². The summed E-state index contributed by atoms with van der Waals surface area (Å²) in [6.45, 7) is 8.98. The Kier molecular flexibility index (Phi) is 5.86. The topological polar surface area (TPSA) is 34.1 Å². The number of rotatable bonds is 7. The van der Waals surface area contributed by atoms with Crippen LogP contribution in [0.3, 0.4) is 0 Å². The summed E-state index contributed by atoms with van der Waals surface area (Å²) in [6.07, 6.45) is 1.14. The zero-order chi connectivity index (χ0) is 11.8. The minimum absolute atomic E-state index is 0.531. The Morgan fingerprint density at radius 2 is 2.19 bits per heavy atom. The molecule has 0 fully saturated rings. The number of nitrogens with zero attached hydrogens (tertiary/aromatic N) is 1. The molecule has 0 atom stereocenters. The maximum absolute atomic E-state index is 5.58. The molecule has 0 bridgehead atoms. The van der Waals surface area contributed by atoms with Gasteiger partial charge >= 0.3 is 0 Å². The van der Waals surface area contributed by atoms with E-state index in [9.17, 15) is 0 Å². The second-order valence-electron chi connectivity index (χ2n) is 4.35. The summed E-state index contributed by atoms with van der Waals surface area (Å²) in [6, 6.07) is 5.92. The van der Waals surface area contributed by atoms with Gasteiger partial charge in [-0.15, -0.1) is 0 Å². The Morgan fingerprint density at radius 1 is 1.38 bits per heavy atom. The molecule has 0 aliphatic carbocycles. The molecule has 1 heterocycles. The summed E-state index contributed by atoms with van der Waals surface area (Å²) in [5, 5.41) is 3.33. The van der Waals surface area contributed by atoms with E-state index in [1.54, 1.807) is 0 Å². The van der Waals surface area contributed by atoms with Gasteiger partial charge in [-0.05, 0) is 24.9 Å². The number of aromatic nitrogens is 1.